The van der Waals surface area contributed by atoms with Crippen LogP contribution in [-0.2, 0) is 0 Å². The van der Waals surface area contributed by atoms with Gasteiger partial charge in [0, 0.05) is 31.0 Å². The maximum Gasteiger partial charge on any atom is 0.407 e. The zero-order valence-corrected chi connectivity index (χ0v) is 12.4. The molecule has 0 unspecified atom stereocenters. The van der Waals surface area contributed by atoms with Gasteiger partial charge in [0.1, 0.15) is 9.80 Å². The van der Waals surface area contributed by atoms with Crippen molar-refractivity contribution in [3.8, 4) is 5.88 Å². The predicted octanol–water partition coefficient (Wildman–Crippen LogP) is 2.13. The number of hydrogen-bond acceptors (Lipinski definition) is 4. The molecule has 3 atom stereocenters. The fraction of sp³-hybridized carbons (Fsp3) is 0.583. The molecule has 2 aliphatic rings. The highest BCUT2D eigenvalue weighted by molar-refractivity contribution is 14.1. The molecule has 102 valence electrons. The molecule has 2 aliphatic heterocycles. The standard InChI is InChI=1S/C12H14IN3O3/c13-10-3-4-11(15-14-10)19-9-5-7-1-2-8(6-9)16(7)12(17)18/h3-4,7-9H,1-2,5-6H2,(H,17,18)/t7-,8+,9+. The summed E-state index contributed by atoms with van der Waals surface area (Å²) >= 11 is 2.09. The Hall–Kier alpha value is -1.12. The Morgan fingerprint density at radius 1 is 1.32 bits per heavy atom. The Kier molecular flexibility index (Phi) is 3.46. The summed E-state index contributed by atoms with van der Waals surface area (Å²) in [5.41, 5.74) is 0. The molecule has 1 aromatic heterocycles. The van der Waals surface area contributed by atoms with Crippen molar-refractivity contribution in [1.82, 2.24) is 15.1 Å². The molecule has 7 heteroatoms. The first kappa shape index (κ1) is 12.9. The minimum Gasteiger partial charge on any atom is -0.473 e. The maximum atomic E-state index is 11.2. The number of fused-ring (bicyclic) bond motifs is 2. The number of carboxylic acid groups (broad SMARTS) is 1. The van der Waals surface area contributed by atoms with Gasteiger partial charge in [-0.15, -0.1) is 10.2 Å². The first-order valence-corrected chi connectivity index (χ1v) is 7.38. The first-order chi connectivity index (χ1) is 9.13. The summed E-state index contributed by atoms with van der Waals surface area (Å²) in [6.45, 7) is 0. The number of piperidine rings is 1. The van der Waals surface area contributed by atoms with Crippen LogP contribution in [0.1, 0.15) is 25.7 Å². The van der Waals surface area contributed by atoms with Gasteiger partial charge >= 0.3 is 6.09 Å². The van der Waals surface area contributed by atoms with E-state index in [1.165, 1.54) is 0 Å². The van der Waals surface area contributed by atoms with Gasteiger partial charge < -0.3 is 14.7 Å². The number of carbonyl (C=O) groups is 1. The summed E-state index contributed by atoms with van der Waals surface area (Å²) in [5.74, 6) is 0.522. The van der Waals surface area contributed by atoms with E-state index < -0.39 is 6.09 Å². The molecule has 2 bridgehead atoms. The maximum absolute atomic E-state index is 11.2. The summed E-state index contributed by atoms with van der Waals surface area (Å²) in [6.07, 6.45) is 2.61. The van der Waals surface area contributed by atoms with Gasteiger partial charge in [0.15, 0.2) is 0 Å². The minimum absolute atomic E-state index is 0.0439. The second-order valence-corrected chi connectivity index (χ2v) is 6.09. The molecule has 2 fully saturated rings. The second kappa shape index (κ2) is 5.10. The molecule has 1 aromatic rings. The smallest absolute Gasteiger partial charge is 0.407 e. The molecular weight excluding hydrogens is 361 g/mol. The lowest BCUT2D eigenvalue weighted by Crippen LogP contribution is -2.48. The van der Waals surface area contributed by atoms with E-state index in [0.717, 1.165) is 29.4 Å². The summed E-state index contributed by atoms with van der Waals surface area (Å²) < 4.78 is 6.65. The van der Waals surface area contributed by atoms with Gasteiger partial charge in [-0.2, -0.15) is 0 Å². The summed E-state index contributed by atoms with van der Waals surface area (Å²) in [5, 5.41) is 17.1. The van der Waals surface area contributed by atoms with Crippen LogP contribution in [0, 0.1) is 3.70 Å². The van der Waals surface area contributed by atoms with Crippen LogP contribution in [-0.4, -0.2) is 44.5 Å². The van der Waals surface area contributed by atoms with Crippen molar-refractivity contribution in [2.45, 2.75) is 43.9 Å². The van der Waals surface area contributed by atoms with Crippen LogP contribution in [0.5, 0.6) is 5.88 Å². The van der Waals surface area contributed by atoms with E-state index in [2.05, 4.69) is 32.8 Å². The Morgan fingerprint density at radius 3 is 2.53 bits per heavy atom. The number of nitrogens with zero attached hydrogens (tertiary/aromatic N) is 3. The van der Waals surface area contributed by atoms with Crippen LogP contribution in [0.2, 0.25) is 0 Å². The molecule has 3 heterocycles. The van der Waals surface area contributed by atoms with Gasteiger partial charge in [0.05, 0.1) is 0 Å². The molecule has 6 nitrogen and oxygen atoms in total. The van der Waals surface area contributed by atoms with E-state index in [1.54, 1.807) is 11.0 Å². The lowest BCUT2D eigenvalue weighted by atomic mass is 10.0. The summed E-state index contributed by atoms with van der Waals surface area (Å²) in [7, 11) is 0. The van der Waals surface area contributed by atoms with Crippen LogP contribution in [0.15, 0.2) is 12.1 Å². The molecule has 1 N–H and O–H groups in total. The van der Waals surface area contributed by atoms with Crippen molar-refractivity contribution < 1.29 is 14.6 Å². The van der Waals surface area contributed by atoms with Crippen molar-refractivity contribution in [2.24, 2.45) is 0 Å². The highest BCUT2D eigenvalue weighted by Crippen LogP contribution is 2.36. The van der Waals surface area contributed by atoms with Gasteiger partial charge in [0.2, 0.25) is 5.88 Å². The number of aromatic nitrogens is 2. The largest absolute Gasteiger partial charge is 0.473 e. The average Bonchev–Trinajstić information content (AvgIpc) is 2.65. The first-order valence-electron chi connectivity index (χ1n) is 6.30. The van der Waals surface area contributed by atoms with Crippen LogP contribution in [0.25, 0.3) is 0 Å². The van der Waals surface area contributed by atoms with E-state index >= 15 is 0 Å². The lowest BCUT2D eigenvalue weighted by molar-refractivity contribution is 0.0472. The Bertz CT molecular complexity index is 468. The average molecular weight is 375 g/mol. The number of amides is 1. The van der Waals surface area contributed by atoms with Crippen molar-refractivity contribution in [3.63, 3.8) is 0 Å². The summed E-state index contributed by atoms with van der Waals surface area (Å²) in [4.78, 5) is 12.8. The minimum atomic E-state index is -0.806. The van der Waals surface area contributed by atoms with E-state index in [1.807, 2.05) is 6.07 Å². The molecule has 1 amide bonds. The molecule has 0 aromatic carbocycles. The Balaban J connectivity index is 1.66. The zero-order chi connectivity index (χ0) is 13.4. The number of ether oxygens (including phenoxy) is 1. The molecule has 0 radical (unpaired) electrons. The molecule has 0 spiro atoms. The molecule has 2 saturated heterocycles. The highest BCUT2D eigenvalue weighted by atomic mass is 127. The Labute approximate surface area is 124 Å². The summed E-state index contributed by atoms with van der Waals surface area (Å²) in [6, 6.07) is 3.85. The fourth-order valence-electron chi connectivity index (χ4n) is 3.07. The van der Waals surface area contributed by atoms with Gasteiger partial charge in [-0.25, -0.2) is 4.79 Å². The SMILES string of the molecule is O=C(O)N1[C@@H]2CC[C@H]1C[C@@H](Oc1ccc(I)nn1)C2. The monoisotopic (exact) mass is 375 g/mol. The van der Waals surface area contributed by atoms with Crippen LogP contribution in [0.3, 0.4) is 0 Å². The van der Waals surface area contributed by atoms with Crippen LogP contribution >= 0.6 is 22.6 Å². The topological polar surface area (TPSA) is 75.5 Å². The van der Waals surface area contributed by atoms with Crippen molar-refractivity contribution >= 4 is 28.7 Å². The molecule has 19 heavy (non-hydrogen) atoms. The molecule has 0 aliphatic carbocycles. The van der Waals surface area contributed by atoms with Gasteiger partial charge in [-0.1, -0.05) is 0 Å². The third kappa shape index (κ3) is 2.60. The predicted molar refractivity (Wildman–Crippen MR) is 75.1 cm³/mol. The second-order valence-electron chi connectivity index (χ2n) is 4.98. The number of rotatable bonds is 2. The van der Waals surface area contributed by atoms with E-state index in [4.69, 9.17) is 4.74 Å². The van der Waals surface area contributed by atoms with E-state index in [0.29, 0.717) is 5.88 Å². The van der Waals surface area contributed by atoms with E-state index in [-0.39, 0.29) is 18.2 Å². The van der Waals surface area contributed by atoms with Crippen molar-refractivity contribution in [1.29, 1.82) is 0 Å². The van der Waals surface area contributed by atoms with Crippen molar-refractivity contribution in [3.05, 3.63) is 15.8 Å². The number of hydrogen-bond donors (Lipinski definition) is 1. The molecule has 3 rings (SSSR count). The normalized spacial score (nSPS) is 29.3. The Morgan fingerprint density at radius 2 is 2.00 bits per heavy atom. The van der Waals surface area contributed by atoms with E-state index in [9.17, 15) is 9.90 Å². The lowest BCUT2D eigenvalue weighted by Gasteiger charge is -2.36. The van der Waals surface area contributed by atoms with Gasteiger partial charge in [-0.3, -0.25) is 0 Å². The third-order valence-electron chi connectivity index (χ3n) is 3.81. The fourth-order valence-corrected chi connectivity index (χ4v) is 3.36. The zero-order valence-electron chi connectivity index (χ0n) is 10.2. The molecule has 0 saturated carbocycles. The molecular formula is C12H14IN3O3. The number of halogens is 1. The van der Waals surface area contributed by atoms with Crippen LogP contribution in [0.4, 0.5) is 4.79 Å². The third-order valence-corrected chi connectivity index (χ3v) is 4.38. The van der Waals surface area contributed by atoms with Crippen LogP contribution < -0.4 is 4.74 Å². The van der Waals surface area contributed by atoms with Gasteiger partial charge in [-0.05, 0) is 41.5 Å². The van der Waals surface area contributed by atoms with Crippen molar-refractivity contribution in [2.75, 3.05) is 0 Å². The quantitative estimate of drug-likeness (QED) is 0.802. The highest BCUT2D eigenvalue weighted by Gasteiger charge is 2.44. The van der Waals surface area contributed by atoms with Gasteiger partial charge in [0.25, 0.3) is 0 Å².